The van der Waals surface area contributed by atoms with Crippen molar-refractivity contribution in [2.75, 3.05) is 24.5 Å². The van der Waals surface area contributed by atoms with E-state index in [-0.39, 0.29) is 12.3 Å². The lowest BCUT2D eigenvalue weighted by atomic mass is 9.69. The number of benzene rings is 2. The lowest BCUT2D eigenvalue weighted by Gasteiger charge is -2.37. The third kappa shape index (κ3) is 3.87. The van der Waals surface area contributed by atoms with E-state index in [4.69, 9.17) is 5.73 Å². The summed E-state index contributed by atoms with van der Waals surface area (Å²) in [4.78, 5) is 33.4. The summed E-state index contributed by atoms with van der Waals surface area (Å²) in [7, 11) is 0. The van der Waals surface area contributed by atoms with Gasteiger partial charge in [-0.05, 0) is 62.3 Å². The molecule has 2 aromatic rings. The highest BCUT2D eigenvalue weighted by Crippen LogP contribution is 2.42. The van der Waals surface area contributed by atoms with Crippen molar-refractivity contribution in [3.63, 3.8) is 0 Å². The molecule has 0 spiro atoms. The standard InChI is InChI=1S/C27H31FN4O2/c1-2-18-6-5-8-20-23(19-7-3-4-9-21(19)28)31-25(29)26(34)32(24(18)20)15-22(33)27-12-10-17(11-13-27)14-30-16-27/h3-9,17,25,30H,2,10-16,29H2,1H3. The molecular formula is C27H31FN4O2. The van der Waals surface area contributed by atoms with Gasteiger partial charge in [-0.15, -0.1) is 0 Å². The second kappa shape index (κ2) is 9.04. The van der Waals surface area contributed by atoms with Crippen LogP contribution >= 0.6 is 0 Å². The smallest absolute Gasteiger partial charge is 0.266 e. The van der Waals surface area contributed by atoms with Gasteiger partial charge in [0.05, 0.1) is 17.9 Å². The molecule has 1 unspecified atom stereocenters. The van der Waals surface area contributed by atoms with E-state index in [1.54, 1.807) is 18.2 Å². The SMILES string of the molecule is CCc1cccc2c1N(CC(=O)C13CCC(CC1)CNC3)C(=O)C(N)N=C2c1ccccc1F. The first-order chi connectivity index (χ1) is 16.4. The molecule has 0 aromatic heterocycles. The van der Waals surface area contributed by atoms with E-state index in [2.05, 4.69) is 10.3 Å². The van der Waals surface area contributed by atoms with Crippen molar-refractivity contribution < 1.29 is 14.0 Å². The fourth-order valence-electron chi connectivity index (χ4n) is 5.76. The Bertz CT molecular complexity index is 1150. The Morgan fingerprint density at radius 3 is 2.65 bits per heavy atom. The summed E-state index contributed by atoms with van der Waals surface area (Å²) in [5.74, 6) is -0.181. The van der Waals surface area contributed by atoms with Gasteiger partial charge in [0.2, 0.25) is 0 Å². The molecule has 1 atom stereocenters. The minimum absolute atomic E-state index is 0.0526. The third-order valence-electron chi connectivity index (χ3n) is 7.79. The van der Waals surface area contributed by atoms with Gasteiger partial charge >= 0.3 is 0 Å². The number of anilines is 1. The van der Waals surface area contributed by atoms with E-state index in [9.17, 15) is 14.0 Å². The van der Waals surface area contributed by atoms with Crippen molar-refractivity contribution in [1.82, 2.24) is 5.32 Å². The minimum Gasteiger partial charge on any atom is -0.315 e. The zero-order valence-corrected chi connectivity index (χ0v) is 19.5. The summed E-state index contributed by atoms with van der Waals surface area (Å²) >= 11 is 0. The fraction of sp³-hybridized carbons (Fsp3) is 0.444. The van der Waals surface area contributed by atoms with Crippen LogP contribution in [0.1, 0.15) is 49.3 Å². The second-order valence-corrected chi connectivity index (χ2v) is 9.77. The molecule has 1 amide bonds. The fourth-order valence-corrected chi connectivity index (χ4v) is 5.76. The lowest BCUT2D eigenvalue weighted by molar-refractivity contribution is -0.130. The first-order valence-electron chi connectivity index (χ1n) is 12.2. The van der Waals surface area contributed by atoms with Crippen LogP contribution in [0.25, 0.3) is 0 Å². The molecule has 1 aliphatic carbocycles. The quantitative estimate of drug-likeness (QED) is 0.714. The summed E-state index contributed by atoms with van der Waals surface area (Å²) in [6.45, 7) is 3.55. The summed E-state index contributed by atoms with van der Waals surface area (Å²) in [6.07, 6.45) is 3.18. The number of nitrogens with two attached hydrogens (primary N) is 1. The Hall–Kier alpha value is -2.90. The van der Waals surface area contributed by atoms with Crippen LogP contribution in [0, 0.1) is 17.2 Å². The highest BCUT2D eigenvalue weighted by molar-refractivity contribution is 6.21. The highest BCUT2D eigenvalue weighted by atomic mass is 19.1. The monoisotopic (exact) mass is 462 g/mol. The van der Waals surface area contributed by atoms with Crippen LogP contribution < -0.4 is 16.0 Å². The first kappa shape index (κ1) is 22.9. The molecule has 178 valence electrons. The largest absolute Gasteiger partial charge is 0.315 e. The van der Waals surface area contributed by atoms with E-state index < -0.39 is 23.3 Å². The second-order valence-electron chi connectivity index (χ2n) is 9.77. The van der Waals surface area contributed by atoms with Gasteiger partial charge in [-0.25, -0.2) is 4.39 Å². The normalized spacial score (nSPS) is 26.5. The molecule has 2 bridgehead atoms. The van der Waals surface area contributed by atoms with Gasteiger partial charge in [0.1, 0.15) is 5.82 Å². The Kier molecular flexibility index (Phi) is 6.08. The highest BCUT2D eigenvalue weighted by Gasteiger charge is 2.45. The first-order valence-corrected chi connectivity index (χ1v) is 12.2. The number of para-hydroxylation sites is 1. The summed E-state index contributed by atoms with van der Waals surface area (Å²) in [6, 6.07) is 12.0. The van der Waals surface area contributed by atoms with Crippen molar-refractivity contribution >= 4 is 23.1 Å². The maximum atomic E-state index is 14.8. The number of amides is 1. The number of hydrogen-bond acceptors (Lipinski definition) is 5. The number of nitrogens with one attached hydrogen (secondary N) is 1. The van der Waals surface area contributed by atoms with E-state index in [1.807, 2.05) is 25.1 Å². The number of aryl methyl sites for hydroxylation is 1. The number of fused-ring (bicyclic) bond motifs is 5. The molecule has 2 aromatic carbocycles. The molecule has 3 N–H and O–H groups in total. The van der Waals surface area contributed by atoms with Crippen molar-refractivity contribution in [3.05, 3.63) is 65.0 Å². The number of ketones is 1. The molecule has 2 saturated heterocycles. The van der Waals surface area contributed by atoms with Crippen LogP contribution in [0.15, 0.2) is 47.5 Å². The number of Topliss-reactive ketones (excluding diaryl/α,β-unsaturated/α-hetero) is 1. The number of aliphatic imine (C=N–C) groups is 1. The Morgan fingerprint density at radius 1 is 1.18 bits per heavy atom. The molecule has 3 fully saturated rings. The zero-order valence-electron chi connectivity index (χ0n) is 19.5. The topological polar surface area (TPSA) is 87.8 Å². The maximum Gasteiger partial charge on any atom is 0.266 e. The molecule has 6 nitrogen and oxygen atoms in total. The van der Waals surface area contributed by atoms with Crippen molar-refractivity contribution in [2.24, 2.45) is 22.1 Å². The van der Waals surface area contributed by atoms with Gasteiger partial charge in [-0.2, -0.15) is 0 Å². The molecule has 6 rings (SSSR count). The maximum absolute atomic E-state index is 14.8. The number of rotatable bonds is 5. The van der Waals surface area contributed by atoms with Gasteiger partial charge < -0.3 is 16.0 Å². The molecule has 3 heterocycles. The average Bonchev–Trinajstić information content (AvgIpc) is 3.24. The molecule has 4 aliphatic rings. The van der Waals surface area contributed by atoms with Crippen LogP contribution in [-0.2, 0) is 16.0 Å². The van der Waals surface area contributed by atoms with Crippen molar-refractivity contribution in [2.45, 2.75) is 45.2 Å². The van der Waals surface area contributed by atoms with E-state index in [1.165, 1.54) is 11.0 Å². The number of hydrogen-bond donors (Lipinski definition) is 2. The van der Waals surface area contributed by atoms with Crippen LogP contribution in [0.4, 0.5) is 10.1 Å². The molecule has 0 radical (unpaired) electrons. The van der Waals surface area contributed by atoms with E-state index >= 15 is 0 Å². The number of halogens is 1. The Morgan fingerprint density at radius 2 is 1.91 bits per heavy atom. The molecule has 34 heavy (non-hydrogen) atoms. The Labute approximate surface area is 199 Å². The lowest BCUT2D eigenvalue weighted by Crippen LogP contribution is -2.50. The predicted molar refractivity (Wildman–Crippen MR) is 130 cm³/mol. The molecule has 3 aliphatic heterocycles. The number of nitrogens with zero attached hydrogens (tertiary/aromatic N) is 2. The molecular weight excluding hydrogens is 431 g/mol. The predicted octanol–water partition coefficient (Wildman–Crippen LogP) is 3.21. The van der Waals surface area contributed by atoms with Crippen LogP contribution in [0.3, 0.4) is 0 Å². The average molecular weight is 463 g/mol. The van der Waals surface area contributed by atoms with Crippen LogP contribution in [-0.4, -0.2) is 43.2 Å². The number of carbonyl (C=O) groups is 2. The summed E-state index contributed by atoms with van der Waals surface area (Å²) in [5, 5.41) is 3.46. The van der Waals surface area contributed by atoms with Gasteiger partial charge in [-0.1, -0.05) is 37.3 Å². The molecule has 7 heteroatoms. The third-order valence-corrected chi connectivity index (χ3v) is 7.79. The number of carbonyl (C=O) groups excluding carboxylic acids is 2. The van der Waals surface area contributed by atoms with Gasteiger partial charge in [0.25, 0.3) is 5.91 Å². The van der Waals surface area contributed by atoms with Gasteiger partial charge in [-0.3, -0.25) is 14.6 Å². The minimum atomic E-state index is -1.22. The van der Waals surface area contributed by atoms with E-state index in [0.29, 0.717) is 41.4 Å². The van der Waals surface area contributed by atoms with Crippen molar-refractivity contribution in [1.29, 1.82) is 0 Å². The van der Waals surface area contributed by atoms with Crippen LogP contribution in [0.5, 0.6) is 0 Å². The Balaban J connectivity index is 1.59. The summed E-state index contributed by atoms with van der Waals surface area (Å²) < 4.78 is 14.8. The van der Waals surface area contributed by atoms with Crippen molar-refractivity contribution in [3.8, 4) is 0 Å². The van der Waals surface area contributed by atoms with Crippen LogP contribution in [0.2, 0.25) is 0 Å². The van der Waals surface area contributed by atoms with E-state index in [0.717, 1.165) is 37.8 Å². The van der Waals surface area contributed by atoms with Gasteiger partial charge in [0, 0.05) is 23.1 Å². The summed E-state index contributed by atoms with van der Waals surface area (Å²) in [5.41, 5.74) is 8.56. The van der Waals surface area contributed by atoms with Gasteiger partial charge in [0.15, 0.2) is 11.9 Å². The zero-order chi connectivity index (χ0) is 23.9. The number of benzodiazepines with no additional fused rings is 1. The molecule has 1 saturated carbocycles.